The maximum Gasteiger partial charge on any atom is 0.387 e. The molecule has 12 heteroatoms. The van der Waals surface area contributed by atoms with E-state index in [1.54, 1.807) is 0 Å². The molecular formula is C56H66O12. The van der Waals surface area contributed by atoms with Gasteiger partial charge in [-0.25, -0.2) is 19.4 Å². The molecule has 4 aromatic carbocycles. The van der Waals surface area contributed by atoms with Crippen LogP contribution in [0.3, 0.4) is 0 Å². The Balaban J connectivity index is 1.63. The van der Waals surface area contributed by atoms with Crippen LogP contribution in [0.25, 0.3) is 0 Å². The third-order valence-electron chi connectivity index (χ3n) is 12.1. The minimum Gasteiger partial charge on any atom is -0.426 e. The van der Waals surface area contributed by atoms with E-state index in [0.29, 0.717) is 38.5 Å². The van der Waals surface area contributed by atoms with Gasteiger partial charge in [0.05, 0.1) is 34.1 Å². The van der Waals surface area contributed by atoms with Gasteiger partial charge < -0.3 is 9.47 Å². The van der Waals surface area contributed by atoms with Gasteiger partial charge in [-0.3, -0.25) is 28.8 Å². The van der Waals surface area contributed by atoms with Crippen molar-refractivity contribution in [1.82, 2.24) is 0 Å². The number of esters is 2. The van der Waals surface area contributed by atoms with Gasteiger partial charge in [-0.15, -0.1) is 0 Å². The molecule has 0 N–H and O–H groups in total. The average Bonchev–Trinajstić information content (AvgIpc) is 3.35. The van der Waals surface area contributed by atoms with Crippen LogP contribution in [0.4, 0.5) is 0 Å². The first-order valence-electron chi connectivity index (χ1n) is 24.3. The van der Waals surface area contributed by atoms with Crippen LogP contribution < -0.4 is 9.47 Å². The highest BCUT2D eigenvalue weighted by atomic mass is 17.2. The van der Waals surface area contributed by atoms with E-state index in [1.807, 2.05) is 27.7 Å². The van der Waals surface area contributed by atoms with E-state index in [0.717, 1.165) is 51.4 Å². The Hall–Kier alpha value is -6.56. The summed E-state index contributed by atoms with van der Waals surface area (Å²) in [4.78, 5) is 119. The van der Waals surface area contributed by atoms with Crippen LogP contribution in [0.5, 0.6) is 11.5 Å². The molecule has 4 aromatic rings. The van der Waals surface area contributed by atoms with E-state index in [9.17, 15) is 38.4 Å². The summed E-state index contributed by atoms with van der Waals surface area (Å²) in [5.74, 6) is -6.55. The lowest BCUT2D eigenvalue weighted by atomic mass is 9.94. The quantitative estimate of drug-likeness (QED) is 0.0132. The van der Waals surface area contributed by atoms with Gasteiger partial charge in [-0.2, -0.15) is 0 Å². The van der Waals surface area contributed by atoms with Crippen LogP contribution in [-0.4, -0.2) is 47.0 Å². The molecule has 0 aliphatic heterocycles. The summed E-state index contributed by atoms with van der Waals surface area (Å²) in [6, 6.07) is 19.8. The van der Waals surface area contributed by atoms with Crippen molar-refractivity contribution in [3.05, 3.63) is 129 Å². The molecule has 0 bridgehead atoms. The number of ether oxygens (including phenoxy) is 2. The summed E-state index contributed by atoms with van der Waals surface area (Å²) in [5, 5.41) is 0. The van der Waals surface area contributed by atoms with Crippen molar-refractivity contribution in [2.45, 2.75) is 144 Å². The molecule has 0 unspecified atom stereocenters. The second kappa shape index (κ2) is 27.9. The van der Waals surface area contributed by atoms with Crippen molar-refractivity contribution >= 4 is 47.0 Å². The molecule has 0 aliphatic carbocycles. The monoisotopic (exact) mass is 930 g/mol. The normalized spacial score (nSPS) is 11.0. The maximum atomic E-state index is 14.4. The molecule has 0 aliphatic rings. The molecule has 0 spiro atoms. The summed E-state index contributed by atoms with van der Waals surface area (Å²) in [6.07, 6.45) is 11.9. The topological polar surface area (TPSA) is 173 Å². The fourth-order valence-electron chi connectivity index (χ4n) is 7.81. The molecule has 362 valence electrons. The zero-order valence-corrected chi connectivity index (χ0v) is 40.5. The Morgan fingerprint density at radius 3 is 1.07 bits per heavy atom. The smallest absolute Gasteiger partial charge is 0.387 e. The Labute approximate surface area is 400 Å². The number of rotatable bonds is 28. The first kappa shape index (κ1) is 54.0. The largest absolute Gasteiger partial charge is 0.426 e. The number of benzene rings is 4. The zero-order valence-electron chi connectivity index (χ0n) is 40.5. The van der Waals surface area contributed by atoms with Crippen LogP contribution in [0, 0.1) is 11.8 Å². The third-order valence-corrected chi connectivity index (χ3v) is 12.1. The van der Waals surface area contributed by atoms with E-state index >= 15 is 0 Å². The Morgan fingerprint density at radius 1 is 0.397 bits per heavy atom. The summed E-state index contributed by atoms with van der Waals surface area (Å²) >= 11 is 0. The molecule has 0 heterocycles. The number of hydrogen-bond acceptors (Lipinski definition) is 12. The predicted octanol–water partition coefficient (Wildman–Crippen LogP) is 12.8. The van der Waals surface area contributed by atoms with Gasteiger partial charge in [0.2, 0.25) is 0 Å². The summed E-state index contributed by atoms with van der Waals surface area (Å²) < 4.78 is 11.5. The van der Waals surface area contributed by atoms with Gasteiger partial charge in [0.25, 0.3) is 0 Å². The van der Waals surface area contributed by atoms with Crippen LogP contribution in [-0.2, 0) is 19.4 Å². The van der Waals surface area contributed by atoms with Crippen molar-refractivity contribution in [2.24, 2.45) is 11.8 Å². The molecule has 12 nitrogen and oxygen atoms in total. The van der Waals surface area contributed by atoms with Gasteiger partial charge in [0.15, 0.2) is 23.1 Å². The van der Waals surface area contributed by atoms with Crippen molar-refractivity contribution < 1.29 is 57.6 Å². The molecule has 0 aromatic heterocycles. The minimum absolute atomic E-state index is 0.0898. The van der Waals surface area contributed by atoms with Crippen LogP contribution >= 0.6 is 0 Å². The molecule has 0 amide bonds. The van der Waals surface area contributed by atoms with Gasteiger partial charge in [0.1, 0.15) is 11.5 Å². The molecule has 0 fully saturated rings. The van der Waals surface area contributed by atoms with E-state index in [-0.39, 0.29) is 80.4 Å². The van der Waals surface area contributed by atoms with E-state index < -0.39 is 47.3 Å². The van der Waals surface area contributed by atoms with Gasteiger partial charge in [-0.1, -0.05) is 129 Å². The lowest BCUT2D eigenvalue weighted by Gasteiger charge is -2.16. The first-order chi connectivity index (χ1) is 32.8. The second-order valence-corrected chi connectivity index (χ2v) is 17.0. The summed E-state index contributed by atoms with van der Waals surface area (Å²) in [5.41, 5.74) is -0.799. The Kier molecular flexibility index (Phi) is 22.2. The second-order valence-electron chi connectivity index (χ2n) is 17.0. The molecule has 4 rings (SSSR count). The lowest BCUT2D eigenvalue weighted by Crippen LogP contribution is -2.22. The third kappa shape index (κ3) is 15.0. The number of hydrogen-bond donors (Lipinski definition) is 0. The van der Waals surface area contributed by atoms with Gasteiger partial charge in [-0.05, 0) is 87.1 Å². The van der Waals surface area contributed by atoms with Crippen LogP contribution in [0.2, 0.25) is 0 Å². The van der Waals surface area contributed by atoms with Gasteiger partial charge in [0, 0.05) is 35.1 Å². The molecule has 0 saturated carbocycles. The molecule has 68 heavy (non-hydrogen) atoms. The number of carbonyl (C=O) groups excluding carboxylic acids is 8. The van der Waals surface area contributed by atoms with E-state index in [2.05, 4.69) is 13.8 Å². The van der Waals surface area contributed by atoms with Gasteiger partial charge >= 0.3 is 23.9 Å². The average molecular weight is 931 g/mol. The number of carbonyl (C=O) groups is 8. The zero-order chi connectivity index (χ0) is 49.6. The van der Waals surface area contributed by atoms with Crippen LogP contribution in [0.15, 0.2) is 84.9 Å². The van der Waals surface area contributed by atoms with E-state index in [4.69, 9.17) is 19.2 Å². The Morgan fingerprint density at radius 2 is 0.735 bits per heavy atom. The summed E-state index contributed by atoms with van der Waals surface area (Å²) in [6.45, 7) is 11.6. The SMILES string of the molecule is CCCCCCCC(=O)c1ccc(OC(=O)C(CC)CC)c(C(=O)c2ccccc2C(=O)OOC(=O)c2ccccc2C(=O)c2cc(C(=O)CCCCCCC)ccc2OC(=O)C(CC)CC)c1. The van der Waals surface area contributed by atoms with Crippen molar-refractivity contribution in [2.75, 3.05) is 0 Å². The Bertz CT molecular complexity index is 2240. The fraction of sp³-hybridized carbons (Fsp3) is 0.429. The fourth-order valence-corrected chi connectivity index (χ4v) is 7.81. The van der Waals surface area contributed by atoms with E-state index in [1.165, 1.54) is 84.9 Å². The van der Waals surface area contributed by atoms with Crippen molar-refractivity contribution in [1.29, 1.82) is 0 Å². The number of unbranched alkanes of at least 4 members (excludes halogenated alkanes) is 8. The molecule has 0 atom stereocenters. The number of Topliss-reactive ketones (excluding diaryl/α,β-unsaturated/α-hetero) is 2. The first-order valence-corrected chi connectivity index (χ1v) is 24.3. The summed E-state index contributed by atoms with van der Waals surface area (Å²) in [7, 11) is 0. The lowest BCUT2D eigenvalue weighted by molar-refractivity contribution is -0.187. The maximum absolute atomic E-state index is 14.4. The minimum atomic E-state index is -1.24. The predicted molar refractivity (Wildman–Crippen MR) is 258 cm³/mol. The van der Waals surface area contributed by atoms with Crippen molar-refractivity contribution in [3.63, 3.8) is 0 Å². The standard InChI is InChI=1S/C56H66O12/c1-7-13-15-17-19-29-47(57)39-31-33-49(65-53(61)37(9-3)10-4)45(35-39)51(59)41-25-21-23-27-43(41)55(63)67-68-56(64)44-28-24-22-26-42(44)52(60)46-36-40(48(58)30-20-18-16-14-8-2)32-34-50(46)66-54(62)38(11-5)12-6/h21-28,31-38H,7-20,29-30H2,1-6H3. The van der Waals surface area contributed by atoms with Crippen LogP contribution in [0.1, 0.15) is 218 Å². The molecule has 0 saturated heterocycles. The highest BCUT2D eigenvalue weighted by Crippen LogP contribution is 2.30. The highest BCUT2D eigenvalue weighted by Gasteiger charge is 2.29. The molecule has 0 radical (unpaired) electrons. The van der Waals surface area contributed by atoms with Crippen molar-refractivity contribution in [3.8, 4) is 11.5 Å². The number of ketones is 4. The molecular weight excluding hydrogens is 865 g/mol. The highest BCUT2D eigenvalue weighted by molar-refractivity contribution is 6.18.